The molecule has 1 aliphatic heterocycles. The maximum absolute atomic E-state index is 14.7. The fourth-order valence-electron chi connectivity index (χ4n) is 3.91. The number of hydrogen-bond acceptors (Lipinski definition) is 9. The van der Waals surface area contributed by atoms with Crippen LogP contribution < -0.4 is 26.2 Å². The Kier molecular flexibility index (Phi) is 8.91. The molecule has 0 unspecified atom stereocenters. The third kappa shape index (κ3) is 6.66. The number of fused-ring (bicyclic) bond motifs is 1. The van der Waals surface area contributed by atoms with Crippen molar-refractivity contribution in [3.8, 4) is 0 Å². The molecule has 216 valence electrons. The number of hydrogen-bond donors (Lipinski definition) is 4. The standard InChI is InChI=1S/C25H26F2N8O6/c1-3-19(33-22(36)16-12-32-35-8-4-5-29-21(16)35)23(37)30-7-6-28-20-17(26)9-14(10-18(20)27)34-13-15(41-25(34)39)11-31-24(38)40-2/h3-5,8-10,12,15,19,28H,1,6-7,11,13H2,2H3,(H,30,37)(H,31,38)(H,33,36)/t15-,19-/m0/s1. The lowest BCUT2D eigenvalue weighted by Gasteiger charge is -2.17. The van der Waals surface area contributed by atoms with Crippen LogP contribution in [0.4, 0.5) is 29.7 Å². The van der Waals surface area contributed by atoms with Gasteiger partial charge in [-0.15, -0.1) is 6.58 Å². The lowest BCUT2D eigenvalue weighted by molar-refractivity contribution is -0.121. The molecule has 3 aromatic rings. The van der Waals surface area contributed by atoms with Crippen molar-refractivity contribution in [1.82, 2.24) is 30.5 Å². The number of nitrogens with zero attached hydrogens (tertiary/aromatic N) is 4. The number of anilines is 2. The number of aromatic nitrogens is 3. The first-order valence-electron chi connectivity index (χ1n) is 12.2. The van der Waals surface area contributed by atoms with Crippen LogP contribution in [0.15, 0.2) is 49.4 Å². The number of rotatable bonds is 11. The van der Waals surface area contributed by atoms with Crippen molar-refractivity contribution in [3.63, 3.8) is 0 Å². The molecular formula is C25H26F2N8O6. The highest BCUT2D eigenvalue weighted by Crippen LogP contribution is 2.28. The van der Waals surface area contributed by atoms with E-state index in [1.165, 1.54) is 30.1 Å². The van der Waals surface area contributed by atoms with Gasteiger partial charge >= 0.3 is 12.2 Å². The van der Waals surface area contributed by atoms with Gasteiger partial charge in [0.25, 0.3) is 5.91 Å². The maximum Gasteiger partial charge on any atom is 0.414 e. The molecule has 16 heteroatoms. The maximum atomic E-state index is 14.7. The van der Waals surface area contributed by atoms with Crippen LogP contribution in [-0.4, -0.2) is 84.0 Å². The molecule has 4 N–H and O–H groups in total. The van der Waals surface area contributed by atoms with E-state index in [-0.39, 0.29) is 37.4 Å². The number of carbonyl (C=O) groups excluding carboxylic acids is 4. The van der Waals surface area contributed by atoms with Gasteiger partial charge in [0.05, 0.1) is 32.1 Å². The number of amides is 4. The average molecular weight is 573 g/mol. The van der Waals surface area contributed by atoms with Gasteiger partial charge in [-0.2, -0.15) is 5.10 Å². The largest absolute Gasteiger partial charge is 0.453 e. The molecule has 1 aliphatic rings. The van der Waals surface area contributed by atoms with E-state index in [1.54, 1.807) is 12.3 Å². The Labute approximate surface area is 231 Å². The van der Waals surface area contributed by atoms with Crippen LogP contribution in [0.5, 0.6) is 0 Å². The molecule has 14 nitrogen and oxygen atoms in total. The summed E-state index contributed by atoms with van der Waals surface area (Å²) in [5.41, 5.74) is -0.0644. The number of halogens is 2. The fourth-order valence-corrected chi connectivity index (χ4v) is 3.91. The third-order valence-corrected chi connectivity index (χ3v) is 5.93. The molecule has 0 bridgehead atoms. The van der Waals surface area contributed by atoms with Gasteiger partial charge in [0.15, 0.2) is 17.3 Å². The highest BCUT2D eigenvalue weighted by molar-refractivity contribution is 6.02. The minimum Gasteiger partial charge on any atom is -0.453 e. The minimum absolute atomic E-state index is 0.0421. The highest BCUT2D eigenvalue weighted by atomic mass is 19.1. The Balaban J connectivity index is 1.28. The zero-order valence-electron chi connectivity index (χ0n) is 21.7. The van der Waals surface area contributed by atoms with Crippen LogP contribution >= 0.6 is 0 Å². The number of nitrogens with one attached hydrogen (secondary N) is 4. The summed E-state index contributed by atoms with van der Waals surface area (Å²) in [6.45, 7) is 3.36. The summed E-state index contributed by atoms with van der Waals surface area (Å²) in [4.78, 5) is 53.7. The smallest absolute Gasteiger partial charge is 0.414 e. The van der Waals surface area contributed by atoms with E-state index in [0.717, 1.165) is 17.0 Å². The van der Waals surface area contributed by atoms with Gasteiger partial charge in [-0.3, -0.25) is 14.5 Å². The number of ether oxygens (including phenoxy) is 2. The van der Waals surface area contributed by atoms with E-state index >= 15 is 0 Å². The van der Waals surface area contributed by atoms with Crippen LogP contribution in [-0.2, 0) is 14.3 Å². The molecule has 0 saturated carbocycles. The number of cyclic esters (lactones) is 1. The zero-order chi connectivity index (χ0) is 29.5. The topological polar surface area (TPSA) is 168 Å². The molecule has 0 aliphatic carbocycles. The first-order valence-corrected chi connectivity index (χ1v) is 12.2. The first-order chi connectivity index (χ1) is 19.7. The summed E-state index contributed by atoms with van der Waals surface area (Å²) in [7, 11) is 1.18. The molecule has 0 spiro atoms. The van der Waals surface area contributed by atoms with E-state index in [9.17, 15) is 28.0 Å². The molecule has 2 atom stereocenters. The molecule has 4 amide bonds. The second-order valence-corrected chi connectivity index (χ2v) is 8.62. The van der Waals surface area contributed by atoms with Gasteiger partial charge < -0.3 is 30.7 Å². The van der Waals surface area contributed by atoms with Gasteiger partial charge in [-0.1, -0.05) is 6.08 Å². The molecule has 4 rings (SSSR count). The Bertz CT molecular complexity index is 1460. The minimum atomic E-state index is -1.10. The Morgan fingerprint density at radius 3 is 2.71 bits per heavy atom. The van der Waals surface area contributed by atoms with Crippen LogP contribution in [0.3, 0.4) is 0 Å². The Hall–Kier alpha value is -5.28. The summed E-state index contributed by atoms with van der Waals surface area (Å²) in [5.74, 6) is -3.14. The van der Waals surface area contributed by atoms with Crippen LogP contribution in [0.1, 0.15) is 10.4 Å². The van der Waals surface area contributed by atoms with Gasteiger partial charge in [0.2, 0.25) is 5.91 Å². The second-order valence-electron chi connectivity index (χ2n) is 8.62. The Morgan fingerprint density at radius 1 is 1.24 bits per heavy atom. The molecule has 3 heterocycles. The predicted octanol–water partition coefficient (Wildman–Crippen LogP) is 1.20. The zero-order valence-corrected chi connectivity index (χ0v) is 21.7. The van der Waals surface area contributed by atoms with E-state index in [4.69, 9.17) is 4.74 Å². The summed E-state index contributed by atoms with van der Waals surface area (Å²) in [6, 6.07) is 2.47. The molecule has 1 fully saturated rings. The predicted molar refractivity (Wildman–Crippen MR) is 140 cm³/mol. The average Bonchev–Trinajstić information content (AvgIpc) is 3.56. The van der Waals surface area contributed by atoms with Crippen molar-refractivity contribution in [1.29, 1.82) is 0 Å². The van der Waals surface area contributed by atoms with Gasteiger partial charge in [0, 0.05) is 37.6 Å². The van der Waals surface area contributed by atoms with Crippen LogP contribution in [0.2, 0.25) is 0 Å². The van der Waals surface area contributed by atoms with Crippen molar-refractivity contribution < 1.29 is 37.4 Å². The highest BCUT2D eigenvalue weighted by Gasteiger charge is 2.33. The number of carbonyl (C=O) groups is 4. The van der Waals surface area contributed by atoms with Crippen molar-refractivity contribution in [3.05, 3.63) is 66.6 Å². The second kappa shape index (κ2) is 12.7. The van der Waals surface area contributed by atoms with E-state index < -0.39 is 53.5 Å². The summed E-state index contributed by atoms with van der Waals surface area (Å²) in [5, 5.41) is 14.0. The molecule has 2 aromatic heterocycles. The van der Waals surface area contributed by atoms with Crippen molar-refractivity contribution in [2.75, 3.05) is 43.5 Å². The van der Waals surface area contributed by atoms with Crippen molar-refractivity contribution in [2.24, 2.45) is 0 Å². The van der Waals surface area contributed by atoms with Crippen molar-refractivity contribution in [2.45, 2.75) is 12.1 Å². The molecular weight excluding hydrogens is 546 g/mol. The molecule has 1 aromatic carbocycles. The lowest BCUT2D eigenvalue weighted by Crippen LogP contribution is -2.46. The quantitative estimate of drug-likeness (QED) is 0.195. The van der Waals surface area contributed by atoms with Gasteiger partial charge in [-0.05, 0) is 6.07 Å². The summed E-state index contributed by atoms with van der Waals surface area (Å²) < 4.78 is 40.4. The summed E-state index contributed by atoms with van der Waals surface area (Å²) >= 11 is 0. The number of methoxy groups -OCH3 is 1. The van der Waals surface area contributed by atoms with E-state index in [1.807, 2.05) is 0 Å². The van der Waals surface area contributed by atoms with Crippen LogP contribution in [0, 0.1) is 11.6 Å². The van der Waals surface area contributed by atoms with Gasteiger partial charge in [-0.25, -0.2) is 27.9 Å². The van der Waals surface area contributed by atoms with E-state index in [2.05, 4.69) is 42.7 Å². The fraction of sp³-hybridized carbons (Fsp3) is 0.280. The molecule has 1 saturated heterocycles. The number of alkyl carbamates (subject to hydrolysis) is 1. The number of benzene rings is 1. The monoisotopic (exact) mass is 572 g/mol. The molecule has 41 heavy (non-hydrogen) atoms. The van der Waals surface area contributed by atoms with Gasteiger partial charge in [0.1, 0.15) is 23.4 Å². The van der Waals surface area contributed by atoms with E-state index in [0.29, 0.717) is 5.65 Å². The SMILES string of the molecule is C=C[C@H](NC(=O)c1cnn2cccnc12)C(=O)NCCNc1c(F)cc(N2C[C@H](CNC(=O)OC)OC2=O)cc1F. The van der Waals surface area contributed by atoms with Crippen molar-refractivity contribution >= 4 is 41.0 Å². The summed E-state index contributed by atoms with van der Waals surface area (Å²) in [6.07, 6.45) is 3.39. The lowest BCUT2D eigenvalue weighted by atomic mass is 10.2. The Morgan fingerprint density at radius 2 is 2.00 bits per heavy atom. The third-order valence-electron chi connectivity index (χ3n) is 5.93. The van der Waals surface area contributed by atoms with Crippen LogP contribution in [0.25, 0.3) is 5.65 Å². The first kappa shape index (κ1) is 28.7. The molecule has 0 radical (unpaired) electrons. The normalized spacial score (nSPS) is 15.1.